The number of rotatable bonds is 14. The molecule has 81 heavy (non-hydrogen) atoms. The van der Waals surface area contributed by atoms with E-state index in [4.69, 9.17) is 32.7 Å². The van der Waals surface area contributed by atoms with E-state index in [2.05, 4.69) is 25.7 Å². The van der Waals surface area contributed by atoms with E-state index in [1.807, 2.05) is 74.5 Å². The summed E-state index contributed by atoms with van der Waals surface area (Å²) in [4.78, 5) is 49.4. The Bertz CT molecular complexity index is 3600. The molecular formula is C60H53Cl2F2N4Na2O9S2-. The molecule has 0 saturated heterocycles. The van der Waals surface area contributed by atoms with Crippen LogP contribution in [0.3, 0.4) is 0 Å². The van der Waals surface area contributed by atoms with Crippen LogP contribution in [0.1, 0.15) is 96.5 Å². The first-order valence-corrected chi connectivity index (χ1v) is 27.0. The Labute approximate surface area is 530 Å². The third kappa shape index (κ3) is 14.3. The van der Waals surface area contributed by atoms with Crippen molar-refractivity contribution in [3.63, 3.8) is 0 Å². The number of carbonyl (C=O) groups is 3. The van der Waals surface area contributed by atoms with E-state index in [1.165, 1.54) is 12.1 Å². The van der Waals surface area contributed by atoms with Crippen LogP contribution in [-0.2, 0) is 29.9 Å². The summed E-state index contributed by atoms with van der Waals surface area (Å²) in [6, 6.07) is 35.7. The maximum absolute atomic E-state index is 15.5. The fourth-order valence-corrected chi connectivity index (χ4v) is 11.6. The first-order chi connectivity index (χ1) is 36.8. The Morgan fingerprint density at radius 2 is 0.988 bits per heavy atom. The van der Waals surface area contributed by atoms with Gasteiger partial charge in [0.2, 0.25) is 0 Å². The molecule has 0 aliphatic heterocycles. The molecule has 13 nitrogen and oxygen atoms in total. The molecule has 2 atom stereocenters. The average Bonchev–Trinajstić information content (AvgIpc) is 4.34. The van der Waals surface area contributed by atoms with Gasteiger partial charge in [-0.15, -0.1) is 5.41 Å². The van der Waals surface area contributed by atoms with E-state index in [-0.39, 0.29) is 70.1 Å². The van der Waals surface area contributed by atoms with E-state index in [9.17, 15) is 24.3 Å². The SMILES string of the molecule is Cc1cc(-c2snc(C)c2NC(=O)O[C@H](C)c2ccccc2Cl)c(F)cc1-c1ccc(C2(C(=O)O)CC2)cc1.Cc1cc(-c2snc(C)c2NC(=O)O[C@H](C)c2ccccc2Cl)c(F)cc1-c1ccc(C2([C-]=O)CC2)cc1.[Na+].[Na+].[OH-].[OH-]. The van der Waals surface area contributed by atoms with Crippen LogP contribution in [0.5, 0.6) is 0 Å². The summed E-state index contributed by atoms with van der Waals surface area (Å²) >= 11 is 14.6. The number of carboxylic acid groups (broad SMARTS) is 1. The van der Waals surface area contributed by atoms with Crippen LogP contribution >= 0.6 is 46.3 Å². The maximum atomic E-state index is 15.5. The standard InChI is InChI=1S/C30H26ClFN2O4S.C30H25ClFN2O3S.2Na.2H2O/c1-16-14-23(25(32)15-22(16)19-8-10-20(11-9-19)30(12-13-30)28(35)36)27-26(17(2)34-39-27)33-29(37)38-18(3)21-6-4-5-7-24(21)31;1-17-14-24(26(32)15-23(17)20-8-10-21(11-9-20)30(16-35)12-13-30)28-27(18(2)34-38-28)33-29(36)37-19(3)22-6-4-5-7-25(22)31;;;;/h4-11,14-15,18H,12-13H2,1-3H3,(H,33,37)(H,35,36);4-11,14-15,19H,12-13H2,1-3H3,(H,33,36);;;2*1H2/q;-1;2*+1;;/p-2/t18-;19-;;;;/m11..../s1. The Balaban J connectivity index is 0.000000283. The minimum absolute atomic E-state index is 0. The molecule has 0 bridgehead atoms. The maximum Gasteiger partial charge on any atom is 1.00 e. The summed E-state index contributed by atoms with van der Waals surface area (Å²) in [5, 5.41) is 16.0. The molecule has 21 heteroatoms. The van der Waals surface area contributed by atoms with E-state index >= 15 is 8.78 Å². The molecule has 6 aromatic carbocycles. The number of aliphatic carboxylic acids is 1. The Morgan fingerprint density at radius 3 is 1.33 bits per heavy atom. The number of nitrogens with zero attached hydrogens (tertiary/aromatic N) is 2. The van der Waals surface area contributed by atoms with Crippen molar-refractivity contribution >= 4 is 82.1 Å². The molecule has 2 aliphatic rings. The first-order valence-electron chi connectivity index (χ1n) is 24.6. The van der Waals surface area contributed by atoms with Gasteiger partial charge in [-0.3, -0.25) is 21.7 Å². The second-order valence-corrected chi connectivity index (χ2v) is 21.7. The number of anilines is 2. The number of carbonyl (C=O) groups excluding carboxylic acids is 3. The van der Waals surface area contributed by atoms with Crippen LogP contribution in [0.15, 0.2) is 121 Å². The fraction of sp³-hybridized carbons (Fsp3) is 0.233. The molecule has 410 valence electrons. The number of amides is 2. The molecule has 2 saturated carbocycles. The van der Waals surface area contributed by atoms with Gasteiger partial charge in [-0.25, -0.2) is 18.4 Å². The van der Waals surface area contributed by atoms with E-state index in [0.29, 0.717) is 83.2 Å². The molecule has 8 aromatic rings. The number of aromatic nitrogens is 2. The Kier molecular flexibility index (Phi) is 22.8. The summed E-state index contributed by atoms with van der Waals surface area (Å²) in [6.45, 7) is 10.7. The quantitative estimate of drug-likeness (QED) is 0.0687. The normalized spacial score (nSPS) is 13.8. The second-order valence-electron chi connectivity index (χ2n) is 19.4. The molecule has 0 spiro atoms. The van der Waals surface area contributed by atoms with Gasteiger partial charge in [-0.1, -0.05) is 127 Å². The van der Waals surface area contributed by atoms with Crippen LogP contribution in [0.2, 0.25) is 10.0 Å². The molecule has 2 fully saturated rings. The molecule has 2 aromatic heterocycles. The third-order valence-corrected chi connectivity index (χ3v) is 16.8. The molecule has 2 heterocycles. The van der Waals surface area contributed by atoms with Crippen LogP contribution in [-0.4, -0.2) is 49.2 Å². The molecular weight excluding hydrogens is 1140 g/mol. The van der Waals surface area contributed by atoms with Gasteiger partial charge >= 0.3 is 77.3 Å². The zero-order valence-corrected chi connectivity index (χ0v) is 52.7. The monoisotopic (exact) mass is 1190 g/mol. The van der Waals surface area contributed by atoms with E-state index in [0.717, 1.165) is 74.9 Å². The van der Waals surface area contributed by atoms with Crippen molar-refractivity contribution in [1.82, 2.24) is 8.75 Å². The van der Waals surface area contributed by atoms with Crippen LogP contribution in [0.4, 0.5) is 29.7 Å². The first kappa shape index (κ1) is 66.4. The summed E-state index contributed by atoms with van der Waals surface area (Å²) in [7, 11) is 0. The zero-order valence-electron chi connectivity index (χ0n) is 45.5. The number of aryl methyl sites for hydroxylation is 4. The number of hydrogen-bond donors (Lipinski definition) is 3. The average molecular weight is 1190 g/mol. The van der Waals surface area contributed by atoms with Gasteiger partial charge in [0.05, 0.1) is 37.9 Å². The molecule has 2 aliphatic carbocycles. The predicted octanol–water partition coefficient (Wildman–Crippen LogP) is 10.3. The van der Waals surface area contributed by atoms with Crippen LogP contribution in [0, 0.1) is 39.3 Å². The molecule has 10 rings (SSSR count). The summed E-state index contributed by atoms with van der Waals surface area (Å²) in [5.74, 6) is -1.71. The van der Waals surface area contributed by atoms with Crippen molar-refractivity contribution in [1.29, 1.82) is 0 Å². The van der Waals surface area contributed by atoms with Crippen molar-refractivity contribution in [2.75, 3.05) is 10.6 Å². The van der Waals surface area contributed by atoms with Gasteiger partial charge in [-0.05, 0) is 153 Å². The Morgan fingerprint density at radius 1 is 0.605 bits per heavy atom. The minimum atomic E-state index is -0.812. The number of benzene rings is 6. The van der Waals surface area contributed by atoms with Gasteiger partial charge in [0.15, 0.2) is 0 Å². The van der Waals surface area contributed by atoms with Gasteiger partial charge in [0.1, 0.15) is 23.8 Å². The molecule has 0 radical (unpaired) electrons. The van der Waals surface area contributed by atoms with Gasteiger partial charge < -0.3 is 30.3 Å². The van der Waals surface area contributed by atoms with Crippen molar-refractivity contribution in [3.05, 3.63) is 188 Å². The minimum Gasteiger partial charge on any atom is -0.870 e. The van der Waals surface area contributed by atoms with Crippen LogP contribution < -0.4 is 69.7 Å². The fourth-order valence-electron chi connectivity index (χ4n) is 9.32. The molecule has 2 amide bonds. The summed E-state index contributed by atoms with van der Waals surface area (Å²) in [5.41, 5.74) is 9.15. The molecule has 0 unspecified atom stereocenters. The largest absolute Gasteiger partial charge is 1.00 e. The van der Waals surface area contributed by atoms with Gasteiger partial charge in [0, 0.05) is 32.3 Å². The summed E-state index contributed by atoms with van der Waals surface area (Å²) in [6.07, 6.45) is 2.48. The number of halogens is 4. The zero-order chi connectivity index (χ0) is 54.9. The Hall–Kier alpha value is -5.38. The van der Waals surface area contributed by atoms with Crippen molar-refractivity contribution in [2.45, 2.75) is 90.3 Å². The predicted molar refractivity (Wildman–Crippen MR) is 304 cm³/mol. The second kappa shape index (κ2) is 27.8. The topological polar surface area (TPSA) is 217 Å². The smallest absolute Gasteiger partial charge is 0.870 e. The van der Waals surface area contributed by atoms with E-state index in [1.54, 1.807) is 76.2 Å². The van der Waals surface area contributed by atoms with Crippen molar-refractivity contribution in [3.8, 4) is 43.1 Å². The summed E-state index contributed by atoms with van der Waals surface area (Å²) < 4.78 is 50.8. The van der Waals surface area contributed by atoms with Crippen LogP contribution in [0.25, 0.3) is 43.1 Å². The molecule has 5 N–H and O–H groups in total. The van der Waals surface area contributed by atoms with Crippen molar-refractivity contribution < 1.29 is 113 Å². The number of nitrogens with one attached hydrogen (secondary N) is 2. The van der Waals surface area contributed by atoms with E-state index < -0.39 is 52.8 Å². The van der Waals surface area contributed by atoms with Gasteiger partial charge in [0.25, 0.3) is 0 Å². The number of ether oxygens (including phenoxy) is 2. The van der Waals surface area contributed by atoms with Gasteiger partial charge in [-0.2, -0.15) is 8.75 Å². The third-order valence-electron chi connectivity index (χ3n) is 14.2. The number of carboxylic acids is 1. The van der Waals surface area contributed by atoms with Crippen molar-refractivity contribution in [2.24, 2.45) is 0 Å². The number of hydrogen-bond acceptors (Lipinski definition) is 12.